The number of methoxy groups -OCH3 is 1. The normalized spacial score (nSPS) is 22.0. The van der Waals surface area contributed by atoms with Crippen molar-refractivity contribution in [3.63, 3.8) is 0 Å². The second kappa shape index (κ2) is 7.94. The minimum Gasteiger partial charge on any atom is -0.497 e. The average Bonchev–Trinajstić information content (AvgIpc) is 3.39. The first-order chi connectivity index (χ1) is 13.4. The molecule has 1 saturated heterocycles. The second-order valence-electron chi connectivity index (χ2n) is 7.51. The van der Waals surface area contributed by atoms with E-state index in [0.29, 0.717) is 11.6 Å². The van der Waals surface area contributed by atoms with Gasteiger partial charge in [0.1, 0.15) is 5.75 Å². The van der Waals surface area contributed by atoms with Gasteiger partial charge in [-0.15, -0.1) is 0 Å². The van der Waals surface area contributed by atoms with E-state index in [1.165, 1.54) is 11.8 Å². The third-order valence-electron chi connectivity index (χ3n) is 5.61. The first kappa shape index (κ1) is 19.6. The molecule has 1 aromatic carbocycles. The van der Waals surface area contributed by atoms with Crippen molar-refractivity contribution < 1.29 is 17.9 Å². The minimum absolute atomic E-state index is 0.0111. The van der Waals surface area contributed by atoms with Gasteiger partial charge in [0.15, 0.2) is 15.0 Å². The Kier molecular flexibility index (Phi) is 5.55. The number of aromatic nitrogens is 2. The molecule has 1 amide bonds. The molecule has 1 atom stereocenters. The van der Waals surface area contributed by atoms with Gasteiger partial charge in [0.2, 0.25) is 5.91 Å². The zero-order valence-corrected chi connectivity index (χ0v) is 17.5. The lowest BCUT2D eigenvalue weighted by Crippen LogP contribution is -2.47. The Morgan fingerprint density at radius 3 is 2.75 bits per heavy atom. The van der Waals surface area contributed by atoms with E-state index >= 15 is 0 Å². The molecule has 1 aliphatic carbocycles. The molecule has 2 aromatic rings. The number of hydrogen-bond donors (Lipinski definition) is 1. The Morgan fingerprint density at radius 2 is 2.07 bits per heavy atom. The number of amides is 1. The van der Waals surface area contributed by atoms with Crippen LogP contribution in [0.1, 0.15) is 32.1 Å². The fourth-order valence-electron chi connectivity index (χ4n) is 4.25. The van der Waals surface area contributed by atoms with Gasteiger partial charge in [-0.3, -0.25) is 4.79 Å². The van der Waals surface area contributed by atoms with Crippen molar-refractivity contribution in [3.8, 4) is 5.75 Å². The number of fused-ring (bicyclic) bond motifs is 1. The third-order valence-corrected chi connectivity index (χ3v) is 8.22. The van der Waals surface area contributed by atoms with Crippen LogP contribution in [0.4, 0.5) is 0 Å². The first-order valence-corrected chi connectivity index (χ1v) is 12.4. The summed E-state index contributed by atoms with van der Waals surface area (Å²) in [5.41, 5.74) is 1.69. The standard InChI is InChI=1S/C19H25N3O4S2/c1-26-15-6-7-16-17(10-15)21-19(20-16)27-11-18(23)22(13-4-2-3-5-13)14-8-9-28(24,25)12-14/h6-7,10,13-14H,2-5,8-9,11-12H2,1H3,(H,20,21)/t14-/m0/s1. The van der Waals surface area contributed by atoms with Crippen molar-refractivity contribution in [2.75, 3.05) is 24.4 Å². The smallest absolute Gasteiger partial charge is 0.233 e. The number of rotatable bonds is 6. The molecule has 0 radical (unpaired) electrons. The number of imidazole rings is 1. The summed E-state index contributed by atoms with van der Waals surface area (Å²) in [5, 5.41) is 0.682. The van der Waals surface area contributed by atoms with Crippen LogP contribution >= 0.6 is 11.8 Å². The first-order valence-electron chi connectivity index (χ1n) is 9.63. The molecule has 0 unspecified atom stereocenters. The van der Waals surface area contributed by atoms with Crippen LogP contribution in [0, 0.1) is 0 Å². The number of carbonyl (C=O) groups excluding carboxylic acids is 1. The van der Waals surface area contributed by atoms with E-state index in [4.69, 9.17) is 4.74 Å². The van der Waals surface area contributed by atoms with Crippen LogP contribution in [0.25, 0.3) is 11.0 Å². The Hall–Kier alpha value is -1.74. The molecule has 1 saturated carbocycles. The van der Waals surface area contributed by atoms with Gasteiger partial charge in [-0.05, 0) is 31.4 Å². The number of aromatic amines is 1. The summed E-state index contributed by atoms with van der Waals surface area (Å²) in [6.07, 6.45) is 4.70. The number of hydrogen-bond acceptors (Lipinski definition) is 6. The molecule has 1 N–H and O–H groups in total. The molecule has 4 rings (SSSR count). The second-order valence-corrected chi connectivity index (χ2v) is 10.7. The monoisotopic (exact) mass is 423 g/mol. The van der Waals surface area contributed by atoms with Gasteiger partial charge in [0.25, 0.3) is 0 Å². The molecule has 1 aliphatic heterocycles. The van der Waals surface area contributed by atoms with Crippen molar-refractivity contribution in [2.45, 2.75) is 49.3 Å². The number of carbonyl (C=O) groups is 1. The number of nitrogens with one attached hydrogen (secondary N) is 1. The molecule has 9 heteroatoms. The number of H-pyrrole nitrogens is 1. The van der Waals surface area contributed by atoms with Crippen molar-refractivity contribution >= 4 is 38.5 Å². The van der Waals surface area contributed by atoms with E-state index in [9.17, 15) is 13.2 Å². The van der Waals surface area contributed by atoms with E-state index in [-0.39, 0.29) is 35.2 Å². The number of ether oxygens (including phenoxy) is 1. The molecule has 7 nitrogen and oxygen atoms in total. The summed E-state index contributed by atoms with van der Waals surface area (Å²) in [6, 6.07) is 5.60. The molecular weight excluding hydrogens is 398 g/mol. The maximum atomic E-state index is 13.1. The fraction of sp³-hybridized carbons (Fsp3) is 0.579. The molecule has 28 heavy (non-hydrogen) atoms. The lowest BCUT2D eigenvalue weighted by atomic mass is 10.1. The summed E-state index contributed by atoms with van der Waals surface area (Å²) in [4.78, 5) is 22.7. The molecular formula is C19H25N3O4S2. The number of thioether (sulfide) groups is 1. The fourth-order valence-corrected chi connectivity index (χ4v) is 6.71. The Bertz CT molecular complexity index is 967. The van der Waals surface area contributed by atoms with Crippen molar-refractivity contribution in [2.24, 2.45) is 0 Å². The SMILES string of the molecule is COc1ccc2nc(SCC(=O)N(C3CCCC3)[C@H]3CCS(=O)(=O)C3)[nH]c2c1. The maximum Gasteiger partial charge on any atom is 0.233 e. The van der Waals surface area contributed by atoms with Crippen LogP contribution in [0.15, 0.2) is 23.4 Å². The van der Waals surface area contributed by atoms with Crippen molar-refractivity contribution in [1.29, 1.82) is 0 Å². The maximum absolute atomic E-state index is 13.1. The van der Waals surface area contributed by atoms with Gasteiger partial charge >= 0.3 is 0 Å². The zero-order chi connectivity index (χ0) is 19.7. The lowest BCUT2D eigenvalue weighted by molar-refractivity contribution is -0.132. The summed E-state index contributed by atoms with van der Waals surface area (Å²) < 4.78 is 29.1. The van der Waals surface area contributed by atoms with Crippen LogP contribution in [0.3, 0.4) is 0 Å². The lowest BCUT2D eigenvalue weighted by Gasteiger charge is -2.34. The molecule has 2 heterocycles. The molecule has 152 valence electrons. The molecule has 1 aromatic heterocycles. The predicted octanol–water partition coefficient (Wildman–Crippen LogP) is 2.62. The largest absolute Gasteiger partial charge is 0.497 e. The highest BCUT2D eigenvalue weighted by molar-refractivity contribution is 7.99. The van der Waals surface area contributed by atoms with E-state index in [1.807, 2.05) is 23.1 Å². The molecule has 0 bridgehead atoms. The molecule has 0 spiro atoms. The zero-order valence-electron chi connectivity index (χ0n) is 15.9. The topological polar surface area (TPSA) is 92.4 Å². The number of sulfone groups is 1. The van der Waals surface area contributed by atoms with Gasteiger partial charge in [-0.2, -0.15) is 0 Å². The van der Waals surface area contributed by atoms with Crippen LogP contribution in [-0.2, 0) is 14.6 Å². The molecule has 2 aliphatic rings. The van der Waals surface area contributed by atoms with Crippen LogP contribution in [0.5, 0.6) is 5.75 Å². The highest BCUT2D eigenvalue weighted by atomic mass is 32.2. The average molecular weight is 424 g/mol. The van der Waals surface area contributed by atoms with Crippen LogP contribution < -0.4 is 4.74 Å². The van der Waals surface area contributed by atoms with Gasteiger partial charge < -0.3 is 14.6 Å². The van der Waals surface area contributed by atoms with E-state index in [2.05, 4.69) is 9.97 Å². The van der Waals surface area contributed by atoms with Crippen molar-refractivity contribution in [1.82, 2.24) is 14.9 Å². The molecule has 2 fully saturated rings. The number of benzene rings is 1. The Balaban J connectivity index is 1.46. The van der Waals surface area contributed by atoms with Crippen LogP contribution in [0.2, 0.25) is 0 Å². The van der Waals surface area contributed by atoms with Gasteiger partial charge in [-0.1, -0.05) is 24.6 Å². The van der Waals surface area contributed by atoms with Gasteiger partial charge in [0, 0.05) is 18.2 Å². The van der Waals surface area contributed by atoms with E-state index < -0.39 is 9.84 Å². The summed E-state index contributed by atoms with van der Waals surface area (Å²) >= 11 is 1.37. The third kappa shape index (κ3) is 4.15. The summed E-state index contributed by atoms with van der Waals surface area (Å²) in [7, 11) is -1.41. The van der Waals surface area contributed by atoms with E-state index in [1.54, 1.807) is 7.11 Å². The van der Waals surface area contributed by atoms with E-state index in [0.717, 1.165) is 42.5 Å². The Morgan fingerprint density at radius 1 is 1.29 bits per heavy atom. The summed E-state index contributed by atoms with van der Waals surface area (Å²) in [5.74, 6) is 1.30. The predicted molar refractivity (Wildman–Crippen MR) is 110 cm³/mol. The number of nitrogens with zero attached hydrogens (tertiary/aromatic N) is 2. The van der Waals surface area contributed by atoms with Gasteiger partial charge in [0.05, 0.1) is 35.4 Å². The minimum atomic E-state index is -3.03. The van der Waals surface area contributed by atoms with Gasteiger partial charge in [-0.25, -0.2) is 13.4 Å². The van der Waals surface area contributed by atoms with Crippen molar-refractivity contribution in [3.05, 3.63) is 18.2 Å². The highest BCUT2D eigenvalue weighted by Crippen LogP contribution is 2.30. The Labute approximate surface area is 169 Å². The van der Waals surface area contributed by atoms with Crippen LogP contribution in [-0.4, -0.2) is 65.6 Å². The quantitative estimate of drug-likeness (QED) is 0.718. The summed E-state index contributed by atoms with van der Waals surface area (Å²) in [6.45, 7) is 0. The highest BCUT2D eigenvalue weighted by Gasteiger charge is 2.38.